The predicted octanol–water partition coefficient (Wildman–Crippen LogP) is 2.08. The molecule has 106 valence electrons. The second-order valence-electron chi connectivity index (χ2n) is 4.77. The lowest BCUT2D eigenvalue weighted by Crippen LogP contribution is -2.45. The molecular weight excluding hydrogens is 276 g/mol. The molecule has 2 rings (SSSR count). The Hall–Kier alpha value is -1.87. The van der Waals surface area contributed by atoms with Crippen molar-refractivity contribution in [2.45, 2.75) is 31.7 Å². The third-order valence-corrected chi connectivity index (χ3v) is 4.49. The van der Waals surface area contributed by atoms with Gasteiger partial charge in [-0.05, 0) is 24.3 Å². The van der Waals surface area contributed by atoms with Gasteiger partial charge < -0.3 is 10.1 Å². The van der Waals surface area contributed by atoms with E-state index in [0.717, 1.165) is 25.7 Å². The first kappa shape index (κ1) is 14.5. The molecule has 5 nitrogen and oxygen atoms in total. The fraction of sp³-hybridized carbons (Fsp3) is 0.500. The van der Waals surface area contributed by atoms with Crippen molar-refractivity contribution in [1.82, 2.24) is 5.32 Å². The zero-order valence-electron chi connectivity index (χ0n) is 11.2. The van der Waals surface area contributed by atoms with Crippen LogP contribution in [0.4, 0.5) is 0 Å². The van der Waals surface area contributed by atoms with Crippen LogP contribution in [0.5, 0.6) is 0 Å². The molecule has 6 heteroatoms. The van der Waals surface area contributed by atoms with Gasteiger partial charge in [0.25, 0.3) is 5.91 Å². The van der Waals surface area contributed by atoms with Gasteiger partial charge in [0.15, 0.2) is 0 Å². The monoisotopic (exact) mass is 292 g/mol. The Bertz CT molecular complexity index is 547. The first-order valence-electron chi connectivity index (χ1n) is 6.53. The van der Waals surface area contributed by atoms with Crippen molar-refractivity contribution in [3.63, 3.8) is 0 Å². The number of nitrogens with zero attached hydrogens (tertiary/aromatic N) is 1. The maximum absolute atomic E-state index is 12.2. The average Bonchev–Trinajstić information content (AvgIpc) is 2.95. The zero-order chi connectivity index (χ0) is 14.5. The van der Waals surface area contributed by atoms with Gasteiger partial charge in [0.1, 0.15) is 10.9 Å². The number of thiophene rings is 1. The molecule has 1 aromatic heterocycles. The molecule has 1 N–H and O–H groups in total. The molecular formula is C14H16N2O3S. The van der Waals surface area contributed by atoms with E-state index in [1.54, 1.807) is 11.4 Å². The first-order valence-corrected chi connectivity index (χ1v) is 7.41. The van der Waals surface area contributed by atoms with Gasteiger partial charge in [-0.3, -0.25) is 9.59 Å². The quantitative estimate of drug-likeness (QED) is 0.865. The van der Waals surface area contributed by atoms with E-state index >= 15 is 0 Å². The highest BCUT2D eigenvalue weighted by atomic mass is 32.1. The van der Waals surface area contributed by atoms with Crippen LogP contribution in [0.25, 0.3) is 0 Å². The summed E-state index contributed by atoms with van der Waals surface area (Å²) in [5.41, 5.74) is 0.373. The van der Waals surface area contributed by atoms with E-state index in [1.807, 2.05) is 6.07 Å². The predicted molar refractivity (Wildman–Crippen MR) is 74.3 cm³/mol. The van der Waals surface area contributed by atoms with Crippen LogP contribution in [-0.4, -0.2) is 25.0 Å². The fourth-order valence-corrected chi connectivity index (χ4v) is 3.29. The van der Waals surface area contributed by atoms with Crippen LogP contribution in [0.15, 0.2) is 11.4 Å². The van der Waals surface area contributed by atoms with Crippen molar-refractivity contribution in [3.8, 4) is 6.07 Å². The van der Waals surface area contributed by atoms with Crippen molar-refractivity contribution < 1.29 is 14.3 Å². The standard InChI is InChI=1S/C14H16N2O3S/c1-19-14(18)10-4-2-3-5-11(10)16-13(17)12-9(8-15)6-7-20-12/h6-7,10-11H,2-5H2,1H3,(H,16,17)/t10-,11+/m0/s1. The van der Waals surface area contributed by atoms with Crippen LogP contribution in [-0.2, 0) is 9.53 Å². The Kier molecular flexibility index (Phi) is 4.74. The third-order valence-electron chi connectivity index (χ3n) is 3.58. The molecule has 0 saturated heterocycles. The number of carbonyl (C=O) groups excluding carboxylic acids is 2. The summed E-state index contributed by atoms with van der Waals surface area (Å²) in [6.45, 7) is 0. The number of esters is 1. The second-order valence-corrected chi connectivity index (χ2v) is 5.69. The highest BCUT2D eigenvalue weighted by molar-refractivity contribution is 7.12. The Balaban J connectivity index is 2.09. The smallest absolute Gasteiger partial charge is 0.310 e. The second kappa shape index (κ2) is 6.53. The SMILES string of the molecule is COC(=O)[C@H]1CCCC[C@H]1NC(=O)c1sccc1C#N. The zero-order valence-corrected chi connectivity index (χ0v) is 12.0. The van der Waals surface area contributed by atoms with Crippen molar-refractivity contribution in [2.75, 3.05) is 7.11 Å². The lowest BCUT2D eigenvalue weighted by atomic mass is 9.84. The fourth-order valence-electron chi connectivity index (χ4n) is 2.54. The lowest BCUT2D eigenvalue weighted by Gasteiger charge is -2.30. The van der Waals surface area contributed by atoms with Crippen LogP contribution in [0.3, 0.4) is 0 Å². The topological polar surface area (TPSA) is 79.2 Å². The van der Waals surface area contributed by atoms with Crippen molar-refractivity contribution >= 4 is 23.2 Å². The molecule has 1 amide bonds. The van der Waals surface area contributed by atoms with Gasteiger partial charge in [-0.1, -0.05) is 12.8 Å². The van der Waals surface area contributed by atoms with E-state index in [1.165, 1.54) is 18.4 Å². The van der Waals surface area contributed by atoms with Gasteiger partial charge in [-0.15, -0.1) is 11.3 Å². The molecule has 0 bridgehead atoms. The van der Waals surface area contributed by atoms with E-state index in [9.17, 15) is 9.59 Å². The Morgan fingerprint density at radius 3 is 2.90 bits per heavy atom. The molecule has 1 fully saturated rings. The molecule has 1 aromatic rings. The summed E-state index contributed by atoms with van der Waals surface area (Å²) < 4.78 is 4.80. The number of nitriles is 1. The highest BCUT2D eigenvalue weighted by Gasteiger charge is 2.33. The molecule has 0 aliphatic heterocycles. The minimum absolute atomic E-state index is 0.211. The van der Waals surface area contributed by atoms with E-state index in [-0.39, 0.29) is 23.8 Å². The summed E-state index contributed by atoms with van der Waals surface area (Å²) in [5.74, 6) is -0.845. The summed E-state index contributed by atoms with van der Waals surface area (Å²) in [7, 11) is 1.36. The molecule has 0 aromatic carbocycles. The van der Waals surface area contributed by atoms with Gasteiger partial charge in [0.2, 0.25) is 0 Å². The van der Waals surface area contributed by atoms with Crippen molar-refractivity contribution in [1.29, 1.82) is 5.26 Å². The van der Waals surface area contributed by atoms with E-state index in [2.05, 4.69) is 5.32 Å². The minimum atomic E-state index is -0.289. The summed E-state index contributed by atoms with van der Waals surface area (Å²) in [6.07, 6.45) is 3.44. The summed E-state index contributed by atoms with van der Waals surface area (Å²) >= 11 is 1.24. The summed E-state index contributed by atoms with van der Waals surface area (Å²) in [5, 5.41) is 13.5. The van der Waals surface area contributed by atoms with E-state index in [4.69, 9.17) is 10.00 Å². The number of hydrogen-bond acceptors (Lipinski definition) is 5. The van der Waals surface area contributed by atoms with E-state index in [0.29, 0.717) is 10.4 Å². The van der Waals surface area contributed by atoms with Crippen LogP contribution in [0.1, 0.15) is 40.9 Å². The first-order chi connectivity index (χ1) is 9.67. The van der Waals surface area contributed by atoms with Crippen LogP contribution in [0, 0.1) is 17.2 Å². The number of rotatable bonds is 3. The molecule has 0 radical (unpaired) electrons. The van der Waals surface area contributed by atoms with Crippen LogP contribution >= 0.6 is 11.3 Å². The Morgan fingerprint density at radius 1 is 1.45 bits per heavy atom. The normalized spacial score (nSPS) is 21.8. The van der Waals surface area contributed by atoms with E-state index < -0.39 is 0 Å². The van der Waals surface area contributed by atoms with Crippen molar-refractivity contribution in [2.24, 2.45) is 5.92 Å². The molecule has 1 aliphatic rings. The maximum atomic E-state index is 12.2. The van der Waals surface area contributed by atoms with Crippen LogP contribution < -0.4 is 5.32 Å². The van der Waals surface area contributed by atoms with Gasteiger partial charge in [-0.25, -0.2) is 0 Å². The number of hydrogen-bond donors (Lipinski definition) is 1. The largest absolute Gasteiger partial charge is 0.469 e. The average molecular weight is 292 g/mol. The number of carbonyl (C=O) groups is 2. The van der Waals surface area contributed by atoms with Gasteiger partial charge in [0.05, 0.1) is 18.6 Å². The number of ether oxygens (including phenoxy) is 1. The molecule has 20 heavy (non-hydrogen) atoms. The molecule has 1 saturated carbocycles. The number of nitrogens with one attached hydrogen (secondary N) is 1. The lowest BCUT2D eigenvalue weighted by molar-refractivity contribution is -0.147. The third kappa shape index (κ3) is 2.99. The Morgan fingerprint density at radius 2 is 2.20 bits per heavy atom. The maximum Gasteiger partial charge on any atom is 0.310 e. The van der Waals surface area contributed by atoms with Gasteiger partial charge in [0, 0.05) is 6.04 Å². The number of amides is 1. The number of methoxy groups -OCH3 is 1. The molecule has 1 aliphatic carbocycles. The summed E-state index contributed by atoms with van der Waals surface area (Å²) in [4.78, 5) is 24.4. The molecule has 0 unspecified atom stereocenters. The Labute approximate surface area is 121 Å². The van der Waals surface area contributed by atoms with Crippen molar-refractivity contribution in [3.05, 3.63) is 21.9 Å². The minimum Gasteiger partial charge on any atom is -0.469 e. The molecule has 2 atom stereocenters. The summed E-state index contributed by atoms with van der Waals surface area (Å²) in [6, 6.07) is 3.41. The highest BCUT2D eigenvalue weighted by Crippen LogP contribution is 2.26. The molecule has 1 heterocycles. The van der Waals surface area contributed by atoms with Gasteiger partial charge >= 0.3 is 5.97 Å². The van der Waals surface area contributed by atoms with Gasteiger partial charge in [-0.2, -0.15) is 5.26 Å². The van der Waals surface area contributed by atoms with Crippen LogP contribution in [0.2, 0.25) is 0 Å². The molecule has 0 spiro atoms.